The van der Waals surface area contributed by atoms with E-state index in [1.165, 1.54) is 16.5 Å². The Morgan fingerprint density at radius 2 is 2.07 bits per heavy atom. The molecule has 1 atom stereocenters. The minimum absolute atomic E-state index is 0.290. The van der Waals surface area contributed by atoms with E-state index < -0.39 is 0 Å². The third-order valence-electron chi connectivity index (χ3n) is 5.34. The number of fused-ring (bicyclic) bond motifs is 1. The standard InChI is InChI=1S/C21H21N5O/c1-25-12-17(18-6-2-3-7-19(18)25)14-26-10-8-16(13-26)21-24-23-20(27-21)15-5-4-9-22-11-15/h2-7,9,11-12,16H,8,10,13-14H2,1H3. The maximum absolute atomic E-state index is 5.93. The van der Waals surface area contributed by atoms with Gasteiger partial charge in [-0.2, -0.15) is 0 Å². The molecule has 6 heteroatoms. The third kappa shape index (κ3) is 3.02. The van der Waals surface area contributed by atoms with Gasteiger partial charge in [0, 0.05) is 49.6 Å². The van der Waals surface area contributed by atoms with Gasteiger partial charge >= 0.3 is 0 Å². The van der Waals surface area contributed by atoms with Crippen molar-refractivity contribution >= 4 is 10.9 Å². The number of aryl methyl sites for hydroxylation is 1. The lowest BCUT2D eigenvalue weighted by molar-refractivity contribution is 0.321. The first-order valence-corrected chi connectivity index (χ1v) is 9.27. The zero-order valence-corrected chi connectivity index (χ0v) is 15.2. The van der Waals surface area contributed by atoms with Crippen LogP contribution in [0.2, 0.25) is 0 Å². The minimum Gasteiger partial charge on any atom is -0.420 e. The second-order valence-corrected chi connectivity index (χ2v) is 7.19. The second-order valence-electron chi connectivity index (χ2n) is 7.19. The number of para-hydroxylation sites is 1. The van der Waals surface area contributed by atoms with Gasteiger partial charge in [0.2, 0.25) is 11.8 Å². The minimum atomic E-state index is 0.290. The normalized spacial score (nSPS) is 17.7. The summed E-state index contributed by atoms with van der Waals surface area (Å²) < 4.78 is 8.14. The van der Waals surface area contributed by atoms with E-state index in [0.29, 0.717) is 5.89 Å². The van der Waals surface area contributed by atoms with Gasteiger partial charge in [-0.15, -0.1) is 10.2 Å². The van der Waals surface area contributed by atoms with E-state index in [1.807, 2.05) is 12.1 Å². The zero-order valence-electron chi connectivity index (χ0n) is 15.2. The molecule has 1 aliphatic heterocycles. The Kier molecular flexibility index (Phi) is 3.98. The molecule has 27 heavy (non-hydrogen) atoms. The van der Waals surface area contributed by atoms with Crippen LogP contribution < -0.4 is 0 Å². The molecule has 0 amide bonds. The molecule has 0 N–H and O–H groups in total. The lowest BCUT2D eigenvalue weighted by Gasteiger charge is -2.14. The Morgan fingerprint density at radius 3 is 2.96 bits per heavy atom. The Morgan fingerprint density at radius 1 is 1.15 bits per heavy atom. The zero-order chi connectivity index (χ0) is 18.2. The molecule has 0 saturated carbocycles. The van der Waals surface area contributed by atoms with Crippen molar-refractivity contribution in [3.8, 4) is 11.5 Å². The molecule has 136 valence electrons. The number of hydrogen-bond acceptors (Lipinski definition) is 5. The van der Waals surface area contributed by atoms with Gasteiger partial charge in [0.05, 0.1) is 11.5 Å². The van der Waals surface area contributed by atoms with Crippen LogP contribution in [0.1, 0.15) is 23.8 Å². The number of hydrogen-bond donors (Lipinski definition) is 0. The van der Waals surface area contributed by atoms with Crippen molar-refractivity contribution in [2.24, 2.45) is 7.05 Å². The summed E-state index contributed by atoms with van der Waals surface area (Å²) in [5, 5.41) is 9.83. The molecule has 3 aromatic heterocycles. The fraction of sp³-hybridized carbons (Fsp3) is 0.286. The number of rotatable bonds is 4. The van der Waals surface area contributed by atoms with Gasteiger partial charge in [-0.05, 0) is 36.7 Å². The molecule has 0 spiro atoms. The van der Waals surface area contributed by atoms with Crippen LogP contribution in [0.25, 0.3) is 22.4 Å². The van der Waals surface area contributed by atoms with Crippen LogP contribution in [0.5, 0.6) is 0 Å². The predicted molar refractivity (Wildman–Crippen MR) is 103 cm³/mol. The summed E-state index contributed by atoms with van der Waals surface area (Å²) in [6.07, 6.45) is 6.77. The number of benzene rings is 1. The molecule has 5 rings (SSSR count). The highest BCUT2D eigenvalue weighted by molar-refractivity contribution is 5.83. The van der Waals surface area contributed by atoms with Crippen molar-refractivity contribution < 1.29 is 4.42 Å². The molecular weight excluding hydrogens is 338 g/mol. The van der Waals surface area contributed by atoms with Crippen LogP contribution >= 0.6 is 0 Å². The van der Waals surface area contributed by atoms with Crippen LogP contribution in [0.4, 0.5) is 0 Å². The van der Waals surface area contributed by atoms with E-state index >= 15 is 0 Å². The average molecular weight is 359 g/mol. The van der Waals surface area contributed by atoms with E-state index in [1.54, 1.807) is 12.4 Å². The summed E-state index contributed by atoms with van der Waals surface area (Å²) in [6, 6.07) is 12.4. The summed E-state index contributed by atoms with van der Waals surface area (Å²) in [7, 11) is 2.11. The third-order valence-corrected chi connectivity index (χ3v) is 5.34. The molecule has 1 saturated heterocycles. The van der Waals surface area contributed by atoms with E-state index in [4.69, 9.17) is 4.42 Å². The quantitative estimate of drug-likeness (QED) is 0.557. The SMILES string of the molecule is Cn1cc(CN2CCC(c3nnc(-c4cccnc4)o3)C2)c2ccccc21. The van der Waals surface area contributed by atoms with Crippen molar-refractivity contribution in [3.05, 3.63) is 66.4 Å². The average Bonchev–Trinajstić information content (AvgIpc) is 3.43. The number of pyridine rings is 1. The summed E-state index contributed by atoms with van der Waals surface area (Å²) in [4.78, 5) is 6.59. The summed E-state index contributed by atoms with van der Waals surface area (Å²) >= 11 is 0. The van der Waals surface area contributed by atoms with Crippen LogP contribution in [-0.4, -0.2) is 37.7 Å². The largest absolute Gasteiger partial charge is 0.420 e. The highest BCUT2D eigenvalue weighted by Gasteiger charge is 2.29. The van der Waals surface area contributed by atoms with Crippen molar-refractivity contribution in [2.75, 3.05) is 13.1 Å². The molecule has 4 heterocycles. The Bertz CT molecular complexity index is 1070. The Hall–Kier alpha value is -2.99. The Balaban J connectivity index is 1.31. The summed E-state index contributed by atoms with van der Waals surface area (Å²) in [5.41, 5.74) is 3.51. The van der Waals surface area contributed by atoms with Crippen molar-refractivity contribution in [1.82, 2.24) is 24.6 Å². The lowest BCUT2D eigenvalue weighted by Crippen LogP contribution is -2.19. The highest BCUT2D eigenvalue weighted by atomic mass is 16.4. The van der Waals surface area contributed by atoms with Gasteiger partial charge in [-0.3, -0.25) is 9.88 Å². The van der Waals surface area contributed by atoms with Gasteiger partial charge in [0.1, 0.15) is 0 Å². The molecule has 0 bridgehead atoms. The molecule has 4 aromatic rings. The lowest BCUT2D eigenvalue weighted by atomic mass is 10.1. The first-order chi connectivity index (χ1) is 13.3. The summed E-state index contributed by atoms with van der Waals surface area (Å²) in [6.45, 7) is 2.93. The molecule has 0 radical (unpaired) electrons. The maximum atomic E-state index is 5.93. The van der Waals surface area contributed by atoms with Crippen molar-refractivity contribution in [2.45, 2.75) is 18.9 Å². The van der Waals surface area contributed by atoms with Gasteiger partial charge in [-0.1, -0.05) is 18.2 Å². The highest BCUT2D eigenvalue weighted by Crippen LogP contribution is 2.30. The van der Waals surface area contributed by atoms with Crippen LogP contribution in [0.3, 0.4) is 0 Å². The van der Waals surface area contributed by atoms with E-state index in [9.17, 15) is 0 Å². The summed E-state index contributed by atoms with van der Waals surface area (Å²) in [5.74, 6) is 1.57. The fourth-order valence-corrected chi connectivity index (χ4v) is 3.98. The smallest absolute Gasteiger partial charge is 0.249 e. The van der Waals surface area contributed by atoms with Crippen LogP contribution in [-0.2, 0) is 13.6 Å². The number of aromatic nitrogens is 4. The topological polar surface area (TPSA) is 60.0 Å². The first kappa shape index (κ1) is 16.2. The molecule has 0 aliphatic carbocycles. The first-order valence-electron chi connectivity index (χ1n) is 9.27. The van der Waals surface area contributed by atoms with Crippen LogP contribution in [0, 0.1) is 0 Å². The fourth-order valence-electron chi connectivity index (χ4n) is 3.98. The van der Waals surface area contributed by atoms with Gasteiger partial charge < -0.3 is 8.98 Å². The molecule has 6 nitrogen and oxygen atoms in total. The predicted octanol–water partition coefficient (Wildman–Crippen LogP) is 3.61. The van der Waals surface area contributed by atoms with E-state index in [0.717, 1.165) is 37.5 Å². The molecule has 1 unspecified atom stereocenters. The molecular formula is C21H21N5O. The molecule has 1 aromatic carbocycles. The second kappa shape index (κ2) is 6.63. The maximum Gasteiger partial charge on any atom is 0.249 e. The van der Waals surface area contributed by atoms with Crippen LogP contribution in [0.15, 0.2) is 59.4 Å². The molecule has 1 aliphatic rings. The van der Waals surface area contributed by atoms with Gasteiger partial charge in [0.15, 0.2) is 0 Å². The van der Waals surface area contributed by atoms with E-state index in [2.05, 4.69) is 62.2 Å². The van der Waals surface area contributed by atoms with Crippen molar-refractivity contribution in [3.63, 3.8) is 0 Å². The van der Waals surface area contributed by atoms with Crippen molar-refractivity contribution in [1.29, 1.82) is 0 Å². The van der Waals surface area contributed by atoms with Gasteiger partial charge in [0.25, 0.3) is 0 Å². The van der Waals surface area contributed by atoms with Gasteiger partial charge in [-0.25, -0.2) is 0 Å². The van der Waals surface area contributed by atoms with E-state index in [-0.39, 0.29) is 5.92 Å². The Labute approximate surface area is 157 Å². The number of likely N-dealkylation sites (tertiary alicyclic amines) is 1. The molecule has 1 fully saturated rings. The monoisotopic (exact) mass is 359 g/mol. The number of nitrogens with zero attached hydrogens (tertiary/aromatic N) is 5.